The third-order valence-corrected chi connectivity index (χ3v) is 4.94. The summed E-state index contributed by atoms with van der Waals surface area (Å²) in [5, 5.41) is 11.4. The Morgan fingerprint density at radius 3 is 2.42 bits per heavy atom. The minimum atomic E-state index is -0.154. The average Bonchev–Trinajstić information content (AvgIpc) is 3.28. The van der Waals surface area contributed by atoms with Gasteiger partial charge in [-0.3, -0.25) is 4.79 Å². The number of rotatable bonds is 6. The van der Waals surface area contributed by atoms with E-state index in [1.807, 2.05) is 48.5 Å². The molecule has 2 aromatic carbocycles. The van der Waals surface area contributed by atoms with Gasteiger partial charge in [0, 0.05) is 18.7 Å². The zero-order valence-corrected chi connectivity index (χ0v) is 14.4. The van der Waals surface area contributed by atoms with Crippen molar-refractivity contribution >= 4 is 5.91 Å². The summed E-state index contributed by atoms with van der Waals surface area (Å²) >= 11 is 0. The van der Waals surface area contributed by atoms with Crippen LogP contribution in [0.1, 0.15) is 28.8 Å². The first-order valence-electron chi connectivity index (χ1n) is 8.75. The zero-order valence-electron chi connectivity index (χ0n) is 14.4. The van der Waals surface area contributed by atoms with E-state index in [0.717, 1.165) is 29.5 Å². The Kier molecular flexibility index (Phi) is 4.26. The number of benzene rings is 2. The first kappa shape index (κ1) is 16.5. The normalized spacial score (nSPS) is 14.8. The number of nitrogens with one attached hydrogen (secondary N) is 1. The molecule has 0 radical (unpaired) electrons. The number of nitrogens with zero attached hydrogens (tertiary/aromatic N) is 3. The van der Waals surface area contributed by atoms with Crippen LogP contribution >= 0.6 is 0 Å². The number of hydrogen-bond acceptors (Lipinski definition) is 4. The second-order valence-corrected chi connectivity index (χ2v) is 6.66. The van der Waals surface area contributed by atoms with Crippen LogP contribution in [0.2, 0.25) is 0 Å². The summed E-state index contributed by atoms with van der Waals surface area (Å²) in [6.07, 6.45) is 5.30. The molecule has 1 aliphatic carbocycles. The van der Waals surface area contributed by atoms with Gasteiger partial charge in [-0.05, 0) is 41.7 Å². The smallest absolute Gasteiger partial charge is 0.251 e. The van der Waals surface area contributed by atoms with Crippen LogP contribution in [0.3, 0.4) is 0 Å². The number of carbonyl (C=O) groups is 1. The van der Waals surface area contributed by atoms with Gasteiger partial charge in [-0.15, -0.1) is 0 Å². The Morgan fingerprint density at radius 2 is 1.77 bits per heavy atom. The van der Waals surface area contributed by atoms with E-state index in [1.165, 1.54) is 0 Å². The maximum absolute atomic E-state index is 12.5. The zero-order chi connectivity index (χ0) is 18.0. The van der Waals surface area contributed by atoms with Crippen molar-refractivity contribution in [1.29, 1.82) is 0 Å². The molecule has 0 bridgehead atoms. The summed E-state index contributed by atoms with van der Waals surface area (Å²) < 4.78 is 0. The van der Waals surface area contributed by atoms with E-state index in [2.05, 4.69) is 15.5 Å². The van der Waals surface area contributed by atoms with E-state index >= 15 is 0 Å². The van der Waals surface area contributed by atoms with Gasteiger partial charge in [-0.25, -0.2) is 0 Å². The lowest BCUT2D eigenvalue weighted by atomic mass is 9.98. The van der Waals surface area contributed by atoms with Crippen LogP contribution in [-0.4, -0.2) is 27.4 Å². The monoisotopic (exact) mass is 347 g/mol. The molecule has 0 saturated heterocycles. The molecule has 3 aromatic rings. The maximum atomic E-state index is 12.5. The highest BCUT2D eigenvalue weighted by molar-refractivity contribution is 5.94. The molecule has 6 heteroatoms. The van der Waals surface area contributed by atoms with Crippen molar-refractivity contribution in [3.63, 3.8) is 0 Å². The maximum Gasteiger partial charge on any atom is 0.251 e. The minimum absolute atomic E-state index is 0.0814. The van der Waals surface area contributed by atoms with Crippen LogP contribution in [0.15, 0.2) is 60.9 Å². The van der Waals surface area contributed by atoms with E-state index in [9.17, 15) is 4.79 Å². The van der Waals surface area contributed by atoms with Crippen LogP contribution in [0.25, 0.3) is 11.1 Å². The summed E-state index contributed by atoms with van der Waals surface area (Å²) in [5.41, 5.74) is 9.55. The molecule has 1 aliphatic rings. The molecule has 0 spiro atoms. The Hall–Kier alpha value is -2.99. The molecule has 132 valence electrons. The Morgan fingerprint density at radius 1 is 1.08 bits per heavy atom. The standard InChI is InChI=1S/C20H21N5O/c21-13-17-3-1-2-4-18(17)15-5-7-16(8-6-15)19(26)22-14-20(9-10-20)25-23-11-12-24-25/h1-8,11-12H,9-10,13-14,21H2,(H,22,26). The second kappa shape index (κ2) is 6.72. The Labute approximate surface area is 152 Å². The highest BCUT2D eigenvalue weighted by Crippen LogP contribution is 2.41. The summed E-state index contributed by atoms with van der Waals surface area (Å²) in [7, 11) is 0. The summed E-state index contributed by atoms with van der Waals surface area (Å²) in [6, 6.07) is 15.7. The highest BCUT2D eigenvalue weighted by Gasteiger charge is 2.46. The molecule has 1 fully saturated rings. The molecule has 4 rings (SSSR count). The number of hydrogen-bond donors (Lipinski definition) is 2. The molecule has 3 N–H and O–H groups in total. The average molecular weight is 347 g/mol. The molecule has 0 aliphatic heterocycles. The van der Waals surface area contributed by atoms with Crippen molar-refractivity contribution < 1.29 is 4.79 Å². The molecule has 1 saturated carbocycles. The van der Waals surface area contributed by atoms with Crippen LogP contribution in [0, 0.1) is 0 Å². The fraction of sp³-hybridized carbons (Fsp3) is 0.250. The summed E-state index contributed by atoms with van der Waals surface area (Å²) in [5.74, 6) is -0.0814. The molecular formula is C20H21N5O. The van der Waals surface area contributed by atoms with Gasteiger partial charge in [-0.1, -0.05) is 36.4 Å². The van der Waals surface area contributed by atoms with E-state index in [-0.39, 0.29) is 11.4 Å². The molecule has 26 heavy (non-hydrogen) atoms. The topological polar surface area (TPSA) is 85.8 Å². The van der Waals surface area contributed by atoms with Gasteiger partial charge < -0.3 is 11.1 Å². The van der Waals surface area contributed by atoms with Crippen molar-refractivity contribution in [1.82, 2.24) is 20.3 Å². The number of aromatic nitrogens is 3. The third kappa shape index (κ3) is 3.11. The van der Waals surface area contributed by atoms with Crippen molar-refractivity contribution in [2.75, 3.05) is 6.54 Å². The Bertz CT molecular complexity index is 898. The molecular weight excluding hydrogens is 326 g/mol. The van der Waals surface area contributed by atoms with Crippen molar-refractivity contribution in [2.45, 2.75) is 24.9 Å². The van der Waals surface area contributed by atoms with Crippen molar-refractivity contribution in [2.24, 2.45) is 5.73 Å². The largest absolute Gasteiger partial charge is 0.350 e. The van der Waals surface area contributed by atoms with Gasteiger partial charge >= 0.3 is 0 Å². The Balaban J connectivity index is 1.44. The van der Waals surface area contributed by atoms with Gasteiger partial charge in [0.2, 0.25) is 0 Å². The minimum Gasteiger partial charge on any atom is -0.350 e. The quantitative estimate of drug-likeness (QED) is 0.716. The van der Waals surface area contributed by atoms with Crippen LogP contribution < -0.4 is 11.1 Å². The van der Waals surface area contributed by atoms with Crippen molar-refractivity contribution in [3.05, 3.63) is 72.1 Å². The SMILES string of the molecule is NCc1ccccc1-c1ccc(C(=O)NCC2(n3nccn3)CC2)cc1. The first-order valence-corrected chi connectivity index (χ1v) is 8.75. The molecule has 0 atom stereocenters. The van der Waals surface area contributed by atoms with E-state index in [4.69, 9.17) is 5.73 Å². The van der Waals surface area contributed by atoms with E-state index < -0.39 is 0 Å². The van der Waals surface area contributed by atoms with Gasteiger partial charge in [0.15, 0.2) is 0 Å². The predicted octanol–water partition coefficient (Wildman–Crippen LogP) is 2.32. The summed E-state index contributed by atoms with van der Waals surface area (Å²) in [6.45, 7) is 1.03. The lowest BCUT2D eigenvalue weighted by Crippen LogP contribution is -2.36. The van der Waals surface area contributed by atoms with Crippen molar-refractivity contribution in [3.8, 4) is 11.1 Å². The van der Waals surface area contributed by atoms with Crippen LogP contribution in [0.5, 0.6) is 0 Å². The fourth-order valence-electron chi connectivity index (χ4n) is 3.18. The molecule has 1 heterocycles. The molecule has 0 unspecified atom stereocenters. The fourth-order valence-corrected chi connectivity index (χ4v) is 3.18. The van der Waals surface area contributed by atoms with Crippen LogP contribution in [-0.2, 0) is 12.1 Å². The number of nitrogens with two attached hydrogens (primary N) is 1. The molecule has 1 aromatic heterocycles. The summed E-state index contributed by atoms with van der Waals surface area (Å²) in [4.78, 5) is 14.2. The lowest BCUT2D eigenvalue weighted by Gasteiger charge is -2.15. The first-order chi connectivity index (χ1) is 12.7. The third-order valence-electron chi connectivity index (χ3n) is 4.94. The van der Waals surface area contributed by atoms with E-state index in [0.29, 0.717) is 18.7 Å². The van der Waals surface area contributed by atoms with Gasteiger partial charge in [0.05, 0.1) is 17.9 Å². The molecule has 1 amide bonds. The van der Waals surface area contributed by atoms with Gasteiger partial charge in [0.1, 0.15) is 0 Å². The number of carbonyl (C=O) groups excluding carboxylic acids is 1. The number of amides is 1. The lowest BCUT2D eigenvalue weighted by molar-refractivity contribution is 0.0943. The van der Waals surface area contributed by atoms with Crippen LogP contribution in [0.4, 0.5) is 0 Å². The predicted molar refractivity (Wildman–Crippen MR) is 99.3 cm³/mol. The second-order valence-electron chi connectivity index (χ2n) is 6.66. The van der Waals surface area contributed by atoms with Gasteiger partial charge in [0.25, 0.3) is 5.91 Å². The van der Waals surface area contributed by atoms with Gasteiger partial charge in [-0.2, -0.15) is 15.0 Å². The van der Waals surface area contributed by atoms with E-state index in [1.54, 1.807) is 17.2 Å². The molecule has 6 nitrogen and oxygen atoms in total. The highest BCUT2D eigenvalue weighted by atomic mass is 16.1.